The third-order valence-electron chi connectivity index (χ3n) is 4.71. The maximum Gasteiger partial charge on any atom is 0.249 e. The van der Waals surface area contributed by atoms with Crippen molar-refractivity contribution in [3.8, 4) is 0 Å². The summed E-state index contributed by atoms with van der Waals surface area (Å²) in [5, 5.41) is 1.83. The number of hydrogen-bond donors (Lipinski definition) is 1. The smallest absolute Gasteiger partial charge is 0.249 e. The highest BCUT2D eigenvalue weighted by molar-refractivity contribution is 6.17. The van der Waals surface area contributed by atoms with Gasteiger partial charge in [-0.3, -0.25) is 4.79 Å². The molecule has 0 saturated carbocycles. The van der Waals surface area contributed by atoms with Gasteiger partial charge in [0.2, 0.25) is 5.91 Å². The van der Waals surface area contributed by atoms with E-state index in [9.17, 15) is 4.79 Å². The topological polar surface area (TPSA) is 48.0 Å². The Morgan fingerprint density at radius 1 is 1.04 bits per heavy atom. The van der Waals surface area contributed by atoms with E-state index in [2.05, 4.69) is 47.9 Å². The maximum absolute atomic E-state index is 11.9. The van der Waals surface area contributed by atoms with Gasteiger partial charge >= 0.3 is 0 Å². The van der Waals surface area contributed by atoms with Crippen molar-refractivity contribution >= 4 is 27.7 Å². The quantitative estimate of drug-likeness (QED) is 0.597. The number of hydrogen-bond acceptors (Lipinski definition) is 1. The highest BCUT2D eigenvalue weighted by Crippen LogP contribution is 2.31. The Kier molecular flexibility index (Phi) is 3.77. The van der Waals surface area contributed by atoms with Crippen LogP contribution in [0.1, 0.15) is 28.4 Å². The van der Waals surface area contributed by atoms with Crippen LogP contribution in [0.3, 0.4) is 0 Å². The molecule has 3 aromatic carbocycles. The molecule has 1 radical (unpaired) electrons. The molecule has 0 aliphatic heterocycles. The zero-order valence-electron chi connectivity index (χ0n) is 14.1. The number of nitrogens with zero attached hydrogens (tertiary/aromatic N) is 1. The van der Waals surface area contributed by atoms with Crippen molar-refractivity contribution in [2.75, 3.05) is 0 Å². The Morgan fingerprint density at radius 3 is 2.60 bits per heavy atom. The second kappa shape index (κ2) is 6.10. The Labute approximate surface area is 146 Å². The number of primary amides is 1. The molecule has 3 nitrogen and oxygen atoms in total. The number of amides is 1. The lowest BCUT2D eigenvalue weighted by molar-refractivity contribution is 0.100. The van der Waals surface area contributed by atoms with Gasteiger partial charge in [-0.15, -0.1) is 0 Å². The first-order valence-electron chi connectivity index (χ1n) is 8.48. The summed E-state index contributed by atoms with van der Waals surface area (Å²) in [6.07, 6.45) is 1.01. The van der Waals surface area contributed by atoms with Crippen LogP contribution in [0.25, 0.3) is 21.8 Å². The molecule has 1 amide bonds. The molecule has 0 aliphatic rings. The average molecular weight is 327 g/mol. The fourth-order valence-corrected chi connectivity index (χ4v) is 3.52. The summed E-state index contributed by atoms with van der Waals surface area (Å²) in [6, 6.07) is 23.6. The lowest BCUT2D eigenvalue weighted by Crippen LogP contribution is -2.11. The van der Waals surface area contributed by atoms with Gasteiger partial charge in [0.15, 0.2) is 0 Å². The predicted molar refractivity (Wildman–Crippen MR) is 102 cm³/mol. The second-order valence-electron chi connectivity index (χ2n) is 6.25. The first-order valence-corrected chi connectivity index (χ1v) is 8.48. The molecule has 0 spiro atoms. The summed E-state index contributed by atoms with van der Waals surface area (Å²) in [5.41, 5.74) is 10.8. The second-order valence-corrected chi connectivity index (χ2v) is 6.25. The minimum Gasteiger partial charge on any atom is -0.366 e. The van der Waals surface area contributed by atoms with Crippen molar-refractivity contribution in [3.05, 3.63) is 83.4 Å². The molecule has 0 saturated heterocycles. The number of benzene rings is 3. The van der Waals surface area contributed by atoms with E-state index in [-0.39, 0.29) is 0 Å². The number of rotatable bonds is 4. The minimum absolute atomic E-state index is 0.408. The normalized spacial score (nSPS) is 11.2. The van der Waals surface area contributed by atoms with Gasteiger partial charge in [0, 0.05) is 22.9 Å². The summed E-state index contributed by atoms with van der Waals surface area (Å²) in [5.74, 6) is -0.408. The van der Waals surface area contributed by atoms with Gasteiger partial charge in [-0.1, -0.05) is 49.4 Å². The molecule has 1 aromatic heterocycles. The molecule has 2 N–H and O–H groups in total. The van der Waals surface area contributed by atoms with Crippen LogP contribution in [0.5, 0.6) is 0 Å². The molecule has 0 bridgehead atoms. The van der Waals surface area contributed by atoms with Crippen molar-refractivity contribution in [1.82, 2.24) is 4.57 Å². The zero-order chi connectivity index (χ0) is 17.4. The Morgan fingerprint density at radius 2 is 1.80 bits per heavy atom. The van der Waals surface area contributed by atoms with Crippen LogP contribution in [0.2, 0.25) is 0 Å². The van der Waals surface area contributed by atoms with Gasteiger partial charge in [0.05, 0.1) is 11.0 Å². The predicted octanol–water partition coefficient (Wildman–Crippen LogP) is 4.30. The van der Waals surface area contributed by atoms with E-state index >= 15 is 0 Å². The molecule has 0 unspecified atom stereocenters. The van der Waals surface area contributed by atoms with Crippen LogP contribution in [0, 0.1) is 6.07 Å². The van der Waals surface area contributed by atoms with Crippen molar-refractivity contribution < 1.29 is 4.79 Å². The van der Waals surface area contributed by atoms with Crippen molar-refractivity contribution in [2.45, 2.75) is 19.9 Å². The summed E-state index contributed by atoms with van der Waals surface area (Å²) in [6.45, 7) is 2.90. The van der Waals surface area contributed by atoms with Crippen LogP contribution in [0.15, 0.2) is 60.7 Å². The zero-order valence-corrected chi connectivity index (χ0v) is 14.1. The van der Waals surface area contributed by atoms with E-state index in [1.165, 1.54) is 11.1 Å². The van der Waals surface area contributed by atoms with E-state index in [0.29, 0.717) is 5.56 Å². The van der Waals surface area contributed by atoms with E-state index in [1.807, 2.05) is 24.3 Å². The van der Waals surface area contributed by atoms with Crippen LogP contribution in [0.4, 0.5) is 0 Å². The van der Waals surface area contributed by atoms with E-state index in [1.54, 1.807) is 6.07 Å². The van der Waals surface area contributed by atoms with E-state index in [4.69, 9.17) is 5.73 Å². The molecule has 123 valence electrons. The van der Waals surface area contributed by atoms with Crippen LogP contribution >= 0.6 is 0 Å². The van der Waals surface area contributed by atoms with Gasteiger partial charge in [-0.05, 0) is 41.8 Å². The highest BCUT2D eigenvalue weighted by Gasteiger charge is 2.16. The lowest BCUT2D eigenvalue weighted by atomic mass is 10.1. The van der Waals surface area contributed by atoms with Crippen molar-refractivity contribution in [2.24, 2.45) is 5.73 Å². The molecule has 0 atom stereocenters. The minimum atomic E-state index is -0.408. The first kappa shape index (κ1) is 15.5. The van der Waals surface area contributed by atoms with Gasteiger partial charge in [-0.25, -0.2) is 0 Å². The summed E-state index contributed by atoms with van der Waals surface area (Å²) in [4.78, 5) is 11.9. The molecular weight excluding hydrogens is 308 g/mol. The number of carbonyl (C=O) groups excluding carboxylic acids is 1. The fourth-order valence-electron chi connectivity index (χ4n) is 3.52. The van der Waals surface area contributed by atoms with Gasteiger partial charge in [-0.2, -0.15) is 0 Å². The van der Waals surface area contributed by atoms with Gasteiger partial charge in [0.1, 0.15) is 0 Å². The summed E-state index contributed by atoms with van der Waals surface area (Å²) in [7, 11) is 0. The third kappa shape index (κ3) is 2.58. The molecule has 4 aromatic rings. The fraction of sp³-hybridized carbons (Fsp3) is 0.136. The molecule has 1 heterocycles. The monoisotopic (exact) mass is 327 g/mol. The number of aromatic nitrogens is 1. The van der Waals surface area contributed by atoms with Crippen LogP contribution in [-0.4, -0.2) is 10.5 Å². The Balaban J connectivity index is 1.99. The SMILES string of the molecule is CCc1cccc(Cn2c3ccc[c]c3c3c(C(N)=O)cccc32)c1. The number of carbonyl (C=O) groups is 1. The van der Waals surface area contributed by atoms with Gasteiger partial charge < -0.3 is 10.3 Å². The molecule has 0 fully saturated rings. The van der Waals surface area contributed by atoms with E-state index in [0.717, 1.165) is 34.8 Å². The Bertz CT molecular complexity index is 1090. The molecule has 25 heavy (non-hydrogen) atoms. The molecular formula is C22H19N2O. The summed E-state index contributed by atoms with van der Waals surface area (Å²) < 4.78 is 2.24. The lowest BCUT2D eigenvalue weighted by Gasteiger charge is -2.09. The molecule has 3 heteroatoms. The molecule has 4 rings (SSSR count). The van der Waals surface area contributed by atoms with Crippen LogP contribution in [-0.2, 0) is 13.0 Å². The average Bonchev–Trinajstić information content (AvgIpc) is 2.96. The van der Waals surface area contributed by atoms with Crippen molar-refractivity contribution in [1.29, 1.82) is 0 Å². The van der Waals surface area contributed by atoms with E-state index < -0.39 is 5.91 Å². The van der Waals surface area contributed by atoms with Crippen molar-refractivity contribution in [3.63, 3.8) is 0 Å². The van der Waals surface area contributed by atoms with Crippen LogP contribution < -0.4 is 5.73 Å². The largest absolute Gasteiger partial charge is 0.366 e. The maximum atomic E-state index is 11.9. The highest BCUT2D eigenvalue weighted by atomic mass is 16.1. The third-order valence-corrected chi connectivity index (χ3v) is 4.71. The number of nitrogens with two attached hydrogens (primary N) is 1. The number of fused-ring (bicyclic) bond motifs is 3. The standard InChI is InChI=1S/C22H19N2O/c1-2-15-7-5-8-16(13-15)14-24-19-11-4-3-9-17(19)21-18(22(23)25)10-6-12-20(21)24/h3-8,10-13H,2,14H2,1H3,(H2,23,25). The molecule has 0 aliphatic carbocycles. The first-order chi connectivity index (χ1) is 12.2. The number of aryl methyl sites for hydroxylation is 1. The summed E-state index contributed by atoms with van der Waals surface area (Å²) >= 11 is 0. The van der Waals surface area contributed by atoms with Gasteiger partial charge in [0.25, 0.3) is 0 Å². The Hall–Kier alpha value is -3.07.